The van der Waals surface area contributed by atoms with Crippen LogP contribution in [0.25, 0.3) is 0 Å². The van der Waals surface area contributed by atoms with Crippen molar-refractivity contribution in [2.75, 3.05) is 13.6 Å². The molecule has 1 aliphatic carbocycles. The van der Waals surface area contributed by atoms with Gasteiger partial charge in [0.1, 0.15) is 23.2 Å². The van der Waals surface area contributed by atoms with Crippen molar-refractivity contribution in [2.45, 2.75) is 50.8 Å². The van der Waals surface area contributed by atoms with Crippen LogP contribution in [0.4, 0.5) is 0 Å². The third-order valence-corrected chi connectivity index (χ3v) is 6.09. The maximum Gasteiger partial charge on any atom is 0.137 e. The van der Waals surface area contributed by atoms with Gasteiger partial charge in [0.25, 0.3) is 0 Å². The van der Waals surface area contributed by atoms with Crippen LogP contribution in [0.2, 0.25) is 0 Å². The molecule has 1 aromatic carbocycles. The van der Waals surface area contributed by atoms with E-state index >= 15 is 0 Å². The van der Waals surface area contributed by atoms with E-state index in [1.165, 1.54) is 0 Å². The first-order chi connectivity index (χ1) is 13.5. The number of benzene rings is 1. The molecule has 3 atom stereocenters. The maximum atomic E-state index is 8.68. The highest BCUT2D eigenvalue weighted by Crippen LogP contribution is 2.37. The summed E-state index contributed by atoms with van der Waals surface area (Å²) in [6.45, 7) is 2.90. The van der Waals surface area contributed by atoms with Crippen LogP contribution in [0.3, 0.4) is 0 Å². The van der Waals surface area contributed by atoms with Crippen LogP contribution in [-0.2, 0) is 0 Å². The Bertz CT molecular complexity index is 950. The van der Waals surface area contributed by atoms with Crippen molar-refractivity contribution < 1.29 is 4.74 Å². The summed E-state index contributed by atoms with van der Waals surface area (Å²) in [6, 6.07) is 10.2. The van der Waals surface area contributed by atoms with Crippen molar-refractivity contribution in [1.82, 2.24) is 9.47 Å². The third kappa shape index (κ3) is 3.38. The maximum absolute atomic E-state index is 8.68. The number of ether oxygens (including phenoxy) is 1. The number of likely N-dealkylation sites (tertiary alicyclic amines) is 1. The molecule has 6 nitrogen and oxygen atoms in total. The quantitative estimate of drug-likeness (QED) is 0.565. The van der Waals surface area contributed by atoms with Crippen molar-refractivity contribution in [3.63, 3.8) is 0 Å². The molecule has 2 aliphatic rings. The number of nitrogens with two attached hydrogens (primary N) is 1. The molecular weight excluding hydrogens is 350 g/mol. The summed E-state index contributed by atoms with van der Waals surface area (Å²) in [5.41, 5.74) is 9.73. The summed E-state index contributed by atoms with van der Waals surface area (Å²) in [7, 11) is 2.05. The molecule has 2 unspecified atom stereocenters. The fourth-order valence-electron chi connectivity index (χ4n) is 4.44. The average Bonchev–Trinajstić information content (AvgIpc) is 3.12. The monoisotopic (exact) mass is 379 g/mol. The molecule has 0 radical (unpaired) electrons. The van der Waals surface area contributed by atoms with Gasteiger partial charge in [-0.25, -0.2) is 0 Å². The lowest BCUT2D eigenvalue weighted by Crippen LogP contribution is -2.41. The largest absolute Gasteiger partial charge is 0.484 e. The third-order valence-electron chi connectivity index (χ3n) is 6.09. The smallest absolute Gasteiger partial charge is 0.137 e. The van der Waals surface area contributed by atoms with Gasteiger partial charge in [0.15, 0.2) is 0 Å². The second-order valence-corrected chi connectivity index (χ2v) is 8.02. The molecule has 0 bridgehead atoms. The van der Waals surface area contributed by atoms with Gasteiger partial charge in [-0.05, 0) is 69.0 Å². The summed E-state index contributed by atoms with van der Waals surface area (Å²) < 4.78 is 8.05. The van der Waals surface area contributed by atoms with Gasteiger partial charge in [0.2, 0.25) is 0 Å². The second-order valence-electron chi connectivity index (χ2n) is 8.02. The van der Waals surface area contributed by atoms with Gasteiger partial charge in [-0.1, -0.05) is 24.3 Å². The average molecular weight is 380 g/mol. The zero-order chi connectivity index (χ0) is 19.8. The first-order valence-electron chi connectivity index (χ1n) is 10.0. The Hall–Kier alpha value is -2.44. The standard InChI is InChI=1S/C22H29N5O/c1-14-12-15(13-27(21(14)24)22(25)19-8-5-11-26(19)2)28-20-10-9-18(23)16-6-3-4-7-17(16)20/h3-4,6-7,12-13,18-20,24-25H,5,8-11,23H2,1-2H3/t18?,19-,20?/m0/s1. The van der Waals surface area contributed by atoms with Crippen molar-refractivity contribution >= 4 is 5.84 Å². The molecule has 1 fully saturated rings. The van der Waals surface area contributed by atoms with Gasteiger partial charge >= 0.3 is 0 Å². The Kier molecular flexibility index (Phi) is 5.08. The normalized spacial score (nSPS) is 24.8. The van der Waals surface area contributed by atoms with E-state index in [-0.39, 0.29) is 18.2 Å². The highest BCUT2D eigenvalue weighted by atomic mass is 16.5. The second kappa shape index (κ2) is 7.53. The highest BCUT2D eigenvalue weighted by molar-refractivity contribution is 5.87. The molecule has 0 saturated carbocycles. The lowest BCUT2D eigenvalue weighted by Gasteiger charge is -2.30. The highest BCUT2D eigenvalue weighted by Gasteiger charge is 2.28. The SMILES string of the molecule is Cc1cc(OC2CCC(N)c3ccccc32)cn(C(=N)[C@@H]2CCCN2C)c1=N. The number of likely N-dealkylation sites (N-methyl/N-ethyl adjacent to an activating group) is 1. The van der Waals surface area contributed by atoms with Gasteiger partial charge in [-0.15, -0.1) is 0 Å². The molecule has 28 heavy (non-hydrogen) atoms. The first-order valence-corrected chi connectivity index (χ1v) is 10.0. The van der Waals surface area contributed by atoms with Crippen LogP contribution < -0.4 is 16.0 Å². The minimum absolute atomic E-state index is 0.0521. The lowest BCUT2D eigenvalue weighted by atomic mass is 9.86. The Morgan fingerprint density at radius 1 is 1.18 bits per heavy atom. The van der Waals surface area contributed by atoms with Crippen molar-refractivity contribution in [3.8, 4) is 5.75 Å². The number of aromatic nitrogens is 1. The molecule has 0 amide bonds. The number of aryl methyl sites for hydroxylation is 1. The summed E-state index contributed by atoms with van der Waals surface area (Å²) >= 11 is 0. The fourth-order valence-corrected chi connectivity index (χ4v) is 4.44. The molecule has 6 heteroatoms. The number of rotatable bonds is 3. The zero-order valence-electron chi connectivity index (χ0n) is 16.6. The van der Waals surface area contributed by atoms with Crippen molar-refractivity contribution in [3.05, 3.63) is 58.7 Å². The van der Waals surface area contributed by atoms with Crippen LogP contribution in [0.1, 0.15) is 54.5 Å². The van der Waals surface area contributed by atoms with Gasteiger partial charge in [0, 0.05) is 6.04 Å². The molecule has 148 valence electrons. The van der Waals surface area contributed by atoms with Gasteiger partial charge in [-0.3, -0.25) is 20.3 Å². The van der Waals surface area contributed by atoms with Gasteiger partial charge in [0.05, 0.1) is 12.2 Å². The minimum Gasteiger partial charge on any atom is -0.484 e. The lowest BCUT2D eigenvalue weighted by molar-refractivity contribution is 0.176. The predicted octanol–water partition coefficient (Wildman–Crippen LogP) is 3.11. The molecule has 1 aromatic heterocycles. The van der Waals surface area contributed by atoms with E-state index in [1.807, 2.05) is 32.2 Å². The van der Waals surface area contributed by atoms with E-state index in [0.717, 1.165) is 48.9 Å². The molecular formula is C22H29N5O. The van der Waals surface area contributed by atoms with Crippen LogP contribution in [0.15, 0.2) is 36.5 Å². The fraction of sp³-hybridized carbons (Fsp3) is 0.455. The molecule has 4 N–H and O–H groups in total. The van der Waals surface area contributed by atoms with Gasteiger partial charge in [-0.2, -0.15) is 0 Å². The Labute approximate surface area is 166 Å². The van der Waals surface area contributed by atoms with Crippen LogP contribution in [0, 0.1) is 17.7 Å². The van der Waals surface area contributed by atoms with Crippen LogP contribution in [-0.4, -0.2) is 34.9 Å². The molecule has 1 aliphatic heterocycles. The molecule has 1 saturated heterocycles. The molecule has 2 aromatic rings. The van der Waals surface area contributed by atoms with Gasteiger partial charge < -0.3 is 10.5 Å². The number of hydrogen-bond acceptors (Lipinski definition) is 5. The van der Waals surface area contributed by atoms with E-state index in [0.29, 0.717) is 17.1 Å². The molecule has 0 spiro atoms. The minimum atomic E-state index is -0.0521. The summed E-state index contributed by atoms with van der Waals surface area (Å²) in [5.74, 6) is 1.15. The summed E-state index contributed by atoms with van der Waals surface area (Å²) in [4.78, 5) is 2.19. The first kappa shape index (κ1) is 18.9. The predicted molar refractivity (Wildman–Crippen MR) is 110 cm³/mol. The van der Waals surface area contributed by atoms with E-state index in [4.69, 9.17) is 21.3 Å². The van der Waals surface area contributed by atoms with Crippen LogP contribution >= 0.6 is 0 Å². The molecule has 2 heterocycles. The van der Waals surface area contributed by atoms with Crippen LogP contribution in [0.5, 0.6) is 5.75 Å². The van der Waals surface area contributed by atoms with Crippen molar-refractivity contribution in [1.29, 1.82) is 10.8 Å². The number of hydrogen-bond donors (Lipinski definition) is 3. The Morgan fingerprint density at radius 2 is 1.93 bits per heavy atom. The van der Waals surface area contributed by atoms with E-state index in [2.05, 4.69) is 17.0 Å². The van der Waals surface area contributed by atoms with E-state index < -0.39 is 0 Å². The Balaban J connectivity index is 1.65. The summed E-state index contributed by atoms with van der Waals surface area (Å²) in [5, 5.41) is 17.1. The number of fused-ring (bicyclic) bond motifs is 1. The van der Waals surface area contributed by atoms with Crippen molar-refractivity contribution in [2.24, 2.45) is 5.73 Å². The number of nitrogens with one attached hydrogen (secondary N) is 2. The summed E-state index contributed by atoms with van der Waals surface area (Å²) in [6.07, 6.45) is 5.55. The topological polar surface area (TPSA) is 91.1 Å². The zero-order valence-corrected chi connectivity index (χ0v) is 16.6. The number of pyridine rings is 1. The molecule has 4 rings (SSSR count). The van der Waals surface area contributed by atoms with E-state index in [9.17, 15) is 0 Å². The Morgan fingerprint density at radius 3 is 2.64 bits per heavy atom. The number of nitrogens with zero attached hydrogens (tertiary/aromatic N) is 2. The van der Waals surface area contributed by atoms with E-state index in [1.54, 1.807) is 10.8 Å².